The van der Waals surface area contributed by atoms with Gasteiger partial charge in [-0.1, -0.05) is 23.6 Å². The van der Waals surface area contributed by atoms with Crippen LogP contribution in [0.4, 0.5) is 59.3 Å². The number of phosphoric ester groups is 1. The van der Waals surface area contributed by atoms with E-state index in [9.17, 15) is 70.9 Å². The van der Waals surface area contributed by atoms with E-state index in [1.165, 1.54) is 13.8 Å². The van der Waals surface area contributed by atoms with Crippen LogP contribution in [-0.4, -0.2) is 123 Å². The van der Waals surface area contributed by atoms with E-state index >= 15 is 8.78 Å². The topological polar surface area (TPSA) is 275 Å². The average molecular weight is 1250 g/mol. The van der Waals surface area contributed by atoms with Gasteiger partial charge in [0, 0.05) is 48.0 Å². The summed E-state index contributed by atoms with van der Waals surface area (Å²) in [4.78, 5) is 64.4. The first-order valence-electron chi connectivity index (χ1n) is 24.0. The number of carbonyl (C=O) groups is 3. The van der Waals surface area contributed by atoms with Gasteiger partial charge in [0.1, 0.15) is 40.9 Å². The lowest BCUT2D eigenvalue weighted by molar-refractivity contribution is -0.143. The van der Waals surface area contributed by atoms with Crippen molar-refractivity contribution in [2.24, 2.45) is 5.92 Å². The van der Waals surface area contributed by atoms with Gasteiger partial charge in [0.05, 0.1) is 40.0 Å². The highest BCUT2D eigenvalue weighted by molar-refractivity contribution is 7.93. The maximum absolute atomic E-state index is 15.7. The molecule has 4 atom stereocenters. The number of nitrogens with zero attached hydrogens (tertiary/aromatic N) is 7. The van der Waals surface area contributed by atoms with Crippen molar-refractivity contribution >= 4 is 74.0 Å². The van der Waals surface area contributed by atoms with Crippen LogP contribution in [0.25, 0.3) is 22.0 Å². The lowest BCUT2D eigenvalue weighted by Gasteiger charge is -2.29. The van der Waals surface area contributed by atoms with Gasteiger partial charge in [0.2, 0.25) is 22.7 Å². The molecule has 4 amide bonds. The molecule has 2 aliphatic carbocycles. The van der Waals surface area contributed by atoms with Crippen LogP contribution in [0, 0.1) is 29.4 Å². The average Bonchev–Trinajstić information content (AvgIpc) is 2.96. The Kier molecular flexibility index (Phi) is 16.4. The fourth-order valence-corrected chi connectivity index (χ4v) is 11.1. The molecule has 4 N–H and O–H groups in total. The van der Waals surface area contributed by atoms with Crippen molar-refractivity contribution in [2.75, 3.05) is 36.7 Å². The molecule has 0 unspecified atom stereocenters. The number of sulfonamides is 1. The zero-order valence-electron chi connectivity index (χ0n) is 42.7. The number of alkyl halides is 8. The Balaban J connectivity index is 1.30. The van der Waals surface area contributed by atoms with Gasteiger partial charge in [0.15, 0.2) is 21.3 Å². The van der Waals surface area contributed by atoms with Gasteiger partial charge in [-0.2, -0.15) is 49.6 Å². The SMILES string of the molecule is CC(C)(C#Cc1ccc(-c2ccc(Cl)c3c(N(C(=O)N4CCC[C@H]4CNC(=O)OCOP(=O)(O)O)S(C)(=O)=O)nn(CC(F)(F)F)c23)c([C@H](Cc2cc(F)cc(F)c2)NC(=O)Cn2nc(C(F)(F)F)c3c2C(F)(F)[C@@H]2C[C@H]32)n1)S(C)(=O)=O. The highest BCUT2D eigenvalue weighted by atomic mass is 35.5. The summed E-state index contributed by atoms with van der Waals surface area (Å²) in [6, 6.07) is 1.99. The number of anilines is 1. The van der Waals surface area contributed by atoms with Crippen molar-refractivity contribution in [1.82, 2.24) is 40.1 Å². The number of alkyl carbamates (subject to hydrolysis) is 1. The summed E-state index contributed by atoms with van der Waals surface area (Å²) in [5.41, 5.74) is -6.29. The summed E-state index contributed by atoms with van der Waals surface area (Å²) in [6.45, 7) is -2.89. The number of carbonyl (C=O) groups excluding carboxylic acids is 3. The van der Waals surface area contributed by atoms with Gasteiger partial charge in [-0.3, -0.25) is 14.2 Å². The van der Waals surface area contributed by atoms with Gasteiger partial charge in [-0.05, 0) is 87.3 Å². The summed E-state index contributed by atoms with van der Waals surface area (Å²) in [7, 11) is -14.0. The molecule has 0 spiro atoms. The Morgan fingerprint density at radius 1 is 0.976 bits per heavy atom. The number of halogens is 11. The highest BCUT2D eigenvalue weighted by Gasteiger charge is 2.68. The molecule has 0 radical (unpaired) electrons. The molecule has 1 aliphatic heterocycles. The molecule has 4 heterocycles. The summed E-state index contributed by atoms with van der Waals surface area (Å²) in [5, 5.41) is 10.8. The minimum Gasteiger partial charge on any atom is -0.422 e. The number of pyridine rings is 1. The van der Waals surface area contributed by atoms with Crippen LogP contribution in [0.5, 0.6) is 0 Å². The van der Waals surface area contributed by atoms with E-state index in [0.29, 0.717) is 12.3 Å². The second-order valence-electron chi connectivity index (χ2n) is 19.9. The lowest BCUT2D eigenvalue weighted by atomic mass is 9.93. The fraction of sp³-hybridized carbons (Fsp3) is 0.447. The summed E-state index contributed by atoms with van der Waals surface area (Å²) >= 11 is 6.74. The van der Waals surface area contributed by atoms with Crippen molar-refractivity contribution < 1.29 is 98.7 Å². The molecule has 2 fully saturated rings. The Morgan fingerprint density at radius 3 is 2.24 bits per heavy atom. The van der Waals surface area contributed by atoms with Gasteiger partial charge >= 0.3 is 32.3 Å². The third-order valence-electron chi connectivity index (χ3n) is 13.5. The first-order valence-corrected chi connectivity index (χ1v) is 29.6. The number of hydrogen-bond donors (Lipinski definition) is 4. The van der Waals surface area contributed by atoms with E-state index in [1.54, 1.807) is 0 Å². The summed E-state index contributed by atoms with van der Waals surface area (Å²) in [6.07, 6.45) is -11.2. The molecule has 1 saturated carbocycles. The van der Waals surface area contributed by atoms with Crippen molar-refractivity contribution in [1.29, 1.82) is 0 Å². The second-order valence-corrected chi connectivity index (χ2v) is 25.9. The molecule has 3 aromatic heterocycles. The first kappa shape index (κ1) is 61.5. The number of amides is 4. The molecule has 5 aromatic rings. The molecule has 82 heavy (non-hydrogen) atoms. The van der Waals surface area contributed by atoms with Gasteiger partial charge in [0.25, 0.3) is 5.92 Å². The van der Waals surface area contributed by atoms with Crippen LogP contribution in [-0.2, 0) is 70.1 Å². The number of sulfone groups is 1. The number of nitrogens with one attached hydrogen (secondary N) is 2. The molecule has 3 aliphatic rings. The van der Waals surface area contributed by atoms with E-state index in [2.05, 4.69) is 46.9 Å². The monoisotopic (exact) mass is 1250 g/mol. The lowest BCUT2D eigenvalue weighted by Crippen LogP contribution is -2.51. The van der Waals surface area contributed by atoms with E-state index in [-0.39, 0.29) is 56.3 Å². The molecule has 2 aromatic carbocycles. The van der Waals surface area contributed by atoms with E-state index in [4.69, 9.17) is 21.4 Å². The number of fused-ring (bicyclic) bond motifs is 4. The van der Waals surface area contributed by atoms with Gasteiger partial charge in [-0.15, -0.1) is 0 Å². The van der Waals surface area contributed by atoms with E-state index in [1.807, 2.05) is 0 Å². The van der Waals surface area contributed by atoms with Crippen molar-refractivity contribution in [3.8, 4) is 23.0 Å². The molecule has 0 bridgehead atoms. The Hall–Kier alpha value is -6.56. The van der Waals surface area contributed by atoms with Crippen LogP contribution in [0.2, 0.25) is 5.02 Å². The van der Waals surface area contributed by atoms with Crippen molar-refractivity contribution in [3.63, 3.8) is 0 Å². The summed E-state index contributed by atoms with van der Waals surface area (Å²) in [5.74, 6) is -6.32. The minimum atomic E-state index is -5.26. The first-order chi connectivity index (χ1) is 37.8. The maximum atomic E-state index is 15.7. The molecule has 8 rings (SSSR count). The Bertz CT molecular complexity index is 3750. The van der Waals surface area contributed by atoms with Gasteiger partial charge in [-0.25, -0.2) is 49.3 Å². The largest absolute Gasteiger partial charge is 0.472 e. The number of hydrogen-bond acceptors (Lipinski definition) is 13. The number of urea groups is 1. The predicted octanol–water partition coefficient (Wildman–Crippen LogP) is 7.43. The number of ether oxygens (including phenoxy) is 1. The van der Waals surface area contributed by atoms with Crippen LogP contribution >= 0.6 is 19.4 Å². The number of likely N-dealkylation sites (tertiary alicyclic amines) is 1. The number of aromatic nitrogens is 5. The number of phosphoric acid groups is 1. The van der Waals surface area contributed by atoms with E-state index < -0.39 is 187 Å². The molecule has 21 nitrogen and oxygen atoms in total. The van der Waals surface area contributed by atoms with Crippen LogP contribution in [0.15, 0.2) is 42.5 Å². The molecular weight excluding hydrogens is 1200 g/mol. The maximum Gasteiger partial charge on any atom is 0.472 e. The second kappa shape index (κ2) is 21.9. The van der Waals surface area contributed by atoms with E-state index in [0.717, 1.165) is 47.6 Å². The quantitative estimate of drug-likeness (QED) is 0.0324. The highest BCUT2D eigenvalue weighted by Crippen LogP contribution is 2.68. The Morgan fingerprint density at radius 2 is 1.63 bits per heavy atom. The standard InChI is InChI=1S/C47H45ClF10N9O12PS2/c1-44(2,81(3,74)75)12-11-26-7-8-28(37(60-26)33(16-23-14-24(49)17-25(50)15-23)61-34(68)20-65-40-35(39(62-65)47(56,57)58)30-18-31(30)46(40,54)55)29-9-10-32(48)36-38(29)66(21-45(51,52)53)63-41(36)67(82(4,76)77)43(70)64-13-5-6-27(64)19-59-42(69)78-22-79-80(71,72)73/h7-10,14-15,17,27,30-31,33H,5-6,13,16,18-22H2,1-4H3,(H,59,69)(H,61,68)(H2,71,72,73)/t27-,30-,31+,33-/m0/s1. The van der Waals surface area contributed by atoms with Crippen molar-refractivity contribution in [3.05, 3.63) is 93.0 Å². The van der Waals surface area contributed by atoms with Crippen LogP contribution in [0.1, 0.15) is 79.0 Å². The zero-order valence-corrected chi connectivity index (χ0v) is 46.0. The minimum absolute atomic E-state index is 0.0362. The number of rotatable bonds is 16. The third-order valence-corrected chi connectivity index (χ3v) is 17.2. The molecule has 1 saturated heterocycles. The number of benzene rings is 2. The fourth-order valence-electron chi connectivity index (χ4n) is 9.61. The van der Waals surface area contributed by atoms with Crippen LogP contribution in [0.3, 0.4) is 0 Å². The molecule has 444 valence electrons. The zero-order chi connectivity index (χ0) is 60.6. The predicted molar refractivity (Wildman–Crippen MR) is 268 cm³/mol. The third kappa shape index (κ3) is 13.1. The summed E-state index contributed by atoms with van der Waals surface area (Å²) < 4.78 is 220. The normalized spacial score (nSPS) is 18.4. The Labute approximate surface area is 463 Å². The smallest absolute Gasteiger partial charge is 0.422 e. The van der Waals surface area contributed by atoms with Crippen molar-refractivity contribution in [2.45, 2.75) is 93.6 Å². The van der Waals surface area contributed by atoms with Crippen LogP contribution < -0.4 is 14.9 Å². The molecule has 35 heteroatoms. The van der Waals surface area contributed by atoms with Gasteiger partial charge < -0.3 is 30.1 Å². The molecular formula is C47H45ClF10N9O12PS2.